The molecule has 0 aromatic carbocycles. The molecule has 0 saturated heterocycles. The van der Waals surface area contributed by atoms with Crippen LogP contribution in [-0.2, 0) is 0 Å². The van der Waals surface area contributed by atoms with Crippen molar-refractivity contribution in [2.24, 2.45) is 0 Å². The third kappa shape index (κ3) is 7.25. The number of nitrogens with zero attached hydrogens (tertiary/aromatic N) is 2. The van der Waals surface area contributed by atoms with Crippen LogP contribution in [0.2, 0.25) is 0 Å². The molecule has 0 fully saturated rings. The molecule has 1 rings (SSSR count). The van der Waals surface area contributed by atoms with E-state index in [9.17, 15) is 0 Å². The average molecular weight is 230 g/mol. The minimum absolute atomic E-state index is 0. The quantitative estimate of drug-likeness (QED) is 0.514. The van der Waals surface area contributed by atoms with E-state index in [0.717, 1.165) is 0 Å². The van der Waals surface area contributed by atoms with Crippen LogP contribution in [0.4, 0.5) is 0 Å². The first-order chi connectivity index (χ1) is 7.16. The Bertz CT molecular complexity index is 325. The molecule has 4 nitrogen and oxygen atoms in total. The van der Waals surface area contributed by atoms with Crippen LogP contribution in [0.15, 0.2) is 6.20 Å². The van der Waals surface area contributed by atoms with Gasteiger partial charge in [0, 0.05) is 5.88 Å². The third-order valence-electron chi connectivity index (χ3n) is 1.36. The molecule has 0 bridgehead atoms. The fourth-order valence-corrected chi connectivity index (χ4v) is 0.956. The van der Waals surface area contributed by atoms with Crippen molar-refractivity contribution < 1.29 is 28.3 Å². The molecule has 0 spiro atoms. The molecule has 5 heteroatoms. The number of aromatic nitrogens is 2. The van der Waals surface area contributed by atoms with E-state index in [0.29, 0.717) is 11.9 Å². The van der Waals surface area contributed by atoms with Gasteiger partial charge in [0.15, 0.2) is 0 Å². The first kappa shape index (κ1) is 16.3. The van der Waals surface area contributed by atoms with E-state index in [1.54, 1.807) is 0 Å². The van der Waals surface area contributed by atoms with Gasteiger partial charge < -0.3 is 15.5 Å². The van der Waals surface area contributed by atoms with E-state index in [-0.39, 0.29) is 30.1 Å². The molecule has 1 aromatic heterocycles. The molecular formula is C12H19LiN2O2. The van der Waals surface area contributed by atoms with Gasteiger partial charge in [0.25, 0.3) is 0 Å². The Morgan fingerprint density at radius 1 is 1.00 bits per heavy atom. The summed E-state index contributed by atoms with van der Waals surface area (Å²) in [7, 11) is 0. The average Bonchev–Trinajstić information content (AvgIpc) is 1.96. The Hall–Kier alpha value is -0.723. The van der Waals surface area contributed by atoms with Crippen LogP contribution in [0, 0.1) is 6.07 Å². The topological polar surface area (TPSA) is 44.2 Å². The molecule has 0 aliphatic carbocycles. The Labute approximate surface area is 115 Å². The summed E-state index contributed by atoms with van der Waals surface area (Å²) in [5, 5.41) is 0. The summed E-state index contributed by atoms with van der Waals surface area (Å²) in [6, 6.07) is 3.14. The predicted octanol–water partition coefficient (Wildman–Crippen LogP) is -0.365. The van der Waals surface area contributed by atoms with Gasteiger partial charge in [-0.1, -0.05) is 0 Å². The minimum atomic E-state index is -0.319. The molecule has 90 valence electrons. The van der Waals surface area contributed by atoms with Gasteiger partial charge in [-0.2, -0.15) is 4.98 Å². The van der Waals surface area contributed by atoms with Crippen molar-refractivity contribution in [2.75, 3.05) is 0 Å². The van der Waals surface area contributed by atoms with Crippen molar-refractivity contribution in [2.45, 2.75) is 52.7 Å². The molecule has 1 aromatic rings. The largest absolute Gasteiger partial charge is 1.00 e. The Morgan fingerprint density at radius 3 is 2.00 bits per heavy atom. The third-order valence-corrected chi connectivity index (χ3v) is 1.36. The van der Waals surface area contributed by atoms with E-state index in [1.807, 2.05) is 41.5 Å². The molecule has 0 aliphatic rings. The van der Waals surface area contributed by atoms with E-state index in [4.69, 9.17) is 9.47 Å². The summed E-state index contributed by atoms with van der Waals surface area (Å²) in [5.41, 5.74) is -0.621. The van der Waals surface area contributed by atoms with Gasteiger partial charge in [0.1, 0.15) is 5.60 Å². The van der Waals surface area contributed by atoms with Crippen molar-refractivity contribution in [3.05, 3.63) is 12.3 Å². The maximum absolute atomic E-state index is 5.57. The van der Waals surface area contributed by atoms with E-state index < -0.39 is 0 Å². The van der Waals surface area contributed by atoms with Crippen LogP contribution in [-0.4, -0.2) is 21.2 Å². The van der Waals surface area contributed by atoms with E-state index >= 15 is 0 Å². The Balaban J connectivity index is 0.00000256. The summed E-state index contributed by atoms with van der Waals surface area (Å²) in [4.78, 5) is 8.12. The number of rotatable bonds is 2. The fraction of sp³-hybridized carbons (Fsp3) is 0.667. The van der Waals surface area contributed by atoms with Crippen molar-refractivity contribution in [1.82, 2.24) is 9.97 Å². The molecule has 17 heavy (non-hydrogen) atoms. The van der Waals surface area contributed by atoms with Crippen LogP contribution < -0.4 is 28.3 Å². The second-order valence-electron chi connectivity index (χ2n) is 5.53. The van der Waals surface area contributed by atoms with Crippen molar-refractivity contribution in [1.29, 1.82) is 0 Å². The van der Waals surface area contributed by atoms with Crippen LogP contribution in [0.5, 0.6) is 11.9 Å². The first-order valence-electron chi connectivity index (χ1n) is 5.28. The zero-order valence-electron chi connectivity index (χ0n) is 11.8. The Morgan fingerprint density at radius 2 is 1.53 bits per heavy atom. The maximum Gasteiger partial charge on any atom is 1.00 e. The van der Waals surface area contributed by atoms with Crippen LogP contribution in [0.25, 0.3) is 0 Å². The summed E-state index contributed by atoms with van der Waals surface area (Å²) < 4.78 is 11.1. The molecule has 0 aliphatic heterocycles. The monoisotopic (exact) mass is 230 g/mol. The van der Waals surface area contributed by atoms with Crippen LogP contribution >= 0.6 is 0 Å². The van der Waals surface area contributed by atoms with Crippen molar-refractivity contribution in [3.8, 4) is 11.9 Å². The van der Waals surface area contributed by atoms with Crippen LogP contribution in [0.1, 0.15) is 41.5 Å². The normalized spacial score (nSPS) is 11.6. The molecule has 0 amide bonds. The van der Waals surface area contributed by atoms with Crippen molar-refractivity contribution >= 4 is 0 Å². The van der Waals surface area contributed by atoms with Gasteiger partial charge in [-0.25, -0.2) is 4.98 Å². The maximum atomic E-state index is 5.57. The number of ether oxygens (including phenoxy) is 2. The SMILES string of the molecule is CC(C)(C)Oc1[c-]cnc(OC(C)(C)C)n1.[Li+]. The van der Waals surface area contributed by atoms with Gasteiger partial charge in [0.05, 0.1) is 5.60 Å². The Kier molecular flexibility index (Phi) is 5.50. The fourth-order valence-electron chi connectivity index (χ4n) is 0.956. The molecule has 0 saturated carbocycles. The predicted molar refractivity (Wildman–Crippen MR) is 61.6 cm³/mol. The van der Waals surface area contributed by atoms with Gasteiger partial charge in [-0.15, -0.1) is 6.20 Å². The standard InChI is InChI=1S/C12H19N2O2.Li/c1-11(2,3)15-9-7-8-13-10(14-9)16-12(4,5)6;/h8H,1-6H3;/q-1;+1. The zero-order chi connectivity index (χ0) is 12.4. The van der Waals surface area contributed by atoms with E-state index in [1.165, 1.54) is 6.20 Å². The van der Waals surface area contributed by atoms with Gasteiger partial charge in [-0.3, -0.25) is 0 Å². The summed E-state index contributed by atoms with van der Waals surface area (Å²) in [6.07, 6.45) is 1.51. The number of hydrogen-bond donors (Lipinski definition) is 0. The molecule has 0 atom stereocenters. The molecule has 0 radical (unpaired) electrons. The molecule has 1 heterocycles. The summed E-state index contributed by atoms with van der Waals surface area (Å²) in [6.45, 7) is 11.7. The van der Waals surface area contributed by atoms with Crippen molar-refractivity contribution in [3.63, 3.8) is 0 Å². The molecule has 0 N–H and O–H groups in total. The van der Waals surface area contributed by atoms with Crippen LogP contribution in [0.3, 0.4) is 0 Å². The number of hydrogen-bond acceptors (Lipinski definition) is 4. The molecule has 0 unspecified atom stereocenters. The second kappa shape index (κ2) is 5.75. The summed E-state index contributed by atoms with van der Waals surface area (Å²) >= 11 is 0. The van der Waals surface area contributed by atoms with Gasteiger partial charge >= 0.3 is 24.9 Å². The minimum Gasteiger partial charge on any atom is -0.506 e. The smallest absolute Gasteiger partial charge is 0.506 e. The first-order valence-corrected chi connectivity index (χ1v) is 5.28. The van der Waals surface area contributed by atoms with Gasteiger partial charge in [-0.05, 0) is 41.5 Å². The van der Waals surface area contributed by atoms with E-state index in [2.05, 4.69) is 16.0 Å². The summed E-state index contributed by atoms with van der Waals surface area (Å²) in [5.74, 6) is 0.404. The zero-order valence-corrected chi connectivity index (χ0v) is 11.8. The molecular weight excluding hydrogens is 211 g/mol. The van der Waals surface area contributed by atoms with Gasteiger partial charge in [0.2, 0.25) is 0 Å². The second-order valence-corrected chi connectivity index (χ2v) is 5.53.